The second-order valence-corrected chi connectivity index (χ2v) is 8.73. The number of rotatable bonds is 5. The molecule has 1 N–H and O–H groups in total. The molecule has 5 nitrogen and oxygen atoms in total. The Hall–Kier alpha value is -0.950. The van der Waals surface area contributed by atoms with Crippen LogP contribution in [0.5, 0.6) is 0 Å². The third-order valence-corrected chi connectivity index (χ3v) is 6.40. The number of aryl methyl sites for hydroxylation is 2. The second kappa shape index (κ2) is 6.66. The SMILES string of the molecule is Cc1ccc(CN2C[C@@H](CS(=O)(=O)N(C)C)[C@H](O)C2)cc1C. The predicted octanol–water partition coefficient (Wildman–Crippen LogP) is 0.988. The Morgan fingerprint density at radius 3 is 2.50 bits per heavy atom. The van der Waals surface area contributed by atoms with Crippen molar-refractivity contribution in [2.75, 3.05) is 32.9 Å². The monoisotopic (exact) mass is 326 g/mol. The molecule has 0 aromatic heterocycles. The zero-order chi connectivity index (χ0) is 16.5. The van der Waals surface area contributed by atoms with E-state index in [9.17, 15) is 13.5 Å². The van der Waals surface area contributed by atoms with Gasteiger partial charge in [0.05, 0.1) is 11.9 Å². The first-order chi connectivity index (χ1) is 10.2. The van der Waals surface area contributed by atoms with E-state index in [1.54, 1.807) is 0 Å². The molecule has 1 aliphatic rings. The van der Waals surface area contributed by atoms with Gasteiger partial charge in [0.25, 0.3) is 0 Å². The van der Waals surface area contributed by atoms with Crippen molar-refractivity contribution in [2.45, 2.75) is 26.5 Å². The fourth-order valence-electron chi connectivity index (χ4n) is 2.81. The van der Waals surface area contributed by atoms with Crippen LogP contribution < -0.4 is 0 Å². The minimum Gasteiger partial charge on any atom is -0.391 e. The smallest absolute Gasteiger partial charge is 0.214 e. The normalized spacial score (nSPS) is 23.4. The molecular weight excluding hydrogens is 300 g/mol. The molecule has 1 saturated heterocycles. The highest BCUT2D eigenvalue weighted by atomic mass is 32.2. The number of aliphatic hydroxyl groups is 1. The summed E-state index contributed by atoms with van der Waals surface area (Å²) in [6.45, 7) is 6.06. The predicted molar refractivity (Wildman–Crippen MR) is 88.2 cm³/mol. The Labute approximate surface area is 133 Å². The number of likely N-dealkylation sites (tertiary alicyclic amines) is 1. The molecule has 0 aliphatic carbocycles. The van der Waals surface area contributed by atoms with Crippen molar-refractivity contribution in [1.82, 2.24) is 9.21 Å². The molecule has 1 aromatic rings. The van der Waals surface area contributed by atoms with Crippen LogP contribution in [0.1, 0.15) is 16.7 Å². The van der Waals surface area contributed by atoms with Crippen LogP contribution in [0.15, 0.2) is 18.2 Å². The van der Waals surface area contributed by atoms with Crippen molar-refractivity contribution in [1.29, 1.82) is 0 Å². The minimum absolute atomic E-state index is 0.00456. The molecule has 1 aliphatic heterocycles. The molecule has 0 unspecified atom stereocenters. The summed E-state index contributed by atoms with van der Waals surface area (Å²) in [6, 6.07) is 6.36. The molecule has 0 saturated carbocycles. The average molecular weight is 326 g/mol. The van der Waals surface area contributed by atoms with Crippen LogP contribution in [-0.2, 0) is 16.6 Å². The van der Waals surface area contributed by atoms with E-state index in [1.165, 1.54) is 35.1 Å². The summed E-state index contributed by atoms with van der Waals surface area (Å²) in [5.74, 6) is -0.219. The average Bonchev–Trinajstić information content (AvgIpc) is 2.73. The van der Waals surface area contributed by atoms with Crippen LogP contribution >= 0.6 is 0 Å². The molecule has 124 valence electrons. The summed E-state index contributed by atoms with van der Waals surface area (Å²) in [5.41, 5.74) is 3.72. The van der Waals surface area contributed by atoms with Crippen molar-refractivity contribution in [2.24, 2.45) is 5.92 Å². The molecule has 1 fully saturated rings. The summed E-state index contributed by atoms with van der Waals surface area (Å²) >= 11 is 0. The van der Waals surface area contributed by atoms with Crippen molar-refractivity contribution in [3.8, 4) is 0 Å². The Balaban J connectivity index is 2.00. The summed E-state index contributed by atoms with van der Waals surface area (Å²) in [7, 11) is -0.214. The van der Waals surface area contributed by atoms with E-state index < -0.39 is 16.1 Å². The van der Waals surface area contributed by atoms with E-state index in [1.807, 2.05) is 0 Å². The highest BCUT2D eigenvalue weighted by molar-refractivity contribution is 7.89. The van der Waals surface area contributed by atoms with Crippen molar-refractivity contribution < 1.29 is 13.5 Å². The lowest BCUT2D eigenvalue weighted by Gasteiger charge is -2.18. The maximum absolute atomic E-state index is 12.0. The van der Waals surface area contributed by atoms with E-state index in [4.69, 9.17) is 0 Å². The van der Waals surface area contributed by atoms with Crippen LogP contribution in [-0.4, -0.2) is 61.8 Å². The lowest BCUT2D eigenvalue weighted by Crippen LogP contribution is -2.33. The van der Waals surface area contributed by atoms with Gasteiger partial charge in [-0.05, 0) is 30.5 Å². The van der Waals surface area contributed by atoms with Crippen molar-refractivity contribution >= 4 is 10.0 Å². The number of sulfonamides is 1. The summed E-state index contributed by atoms with van der Waals surface area (Å²) < 4.78 is 25.2. The Morgan fingerprint density at radius 2 is 1.91 bits per heavy atom. The van der Waals surface area contributed by atoms with Gasteiger partial charge < -0.3 is 5.11 Å². The molecule has 22 heavy (non-hydrogen) atoms. The third-order valence-electron chi connectivity index (χ3n) is 4.44. The fourth-order valence-corrected chi connectivity index (χ4v) is 3.98. The van der Waals surface area contributed by atoms with E-state index >= 15 is 0 Å². The first-order valence-electron chi connectivity index (χ1n) is 7.56. The Morgan fingerprint density at radius 1 is 1.23 bits per heavy atom. The van der Waals surface area contributed by atoms with Crippen molar-refractivity contribution in [3.63, 3.8) is 0 Å². The fraction of sp³-hybridized carbons (Fsp3) is 0.625. The quantitative estimate of drug-likeness (QED) is 0.876. The van der Waals surface area contributed by atoms with Gasteiger partial charge in [0, 0.05) is 39.6 Å². The van der Waals surface area contributed by atoms with Gasteiger partial charge in [-0.15, -0.1) is 0 Å². The molecule has 0 bridgehead atoms. The Bertz CT molecular complexity index is 628. The zero-order valence-electron chi connectivity index (χ0n) is 13.8. The molecule has 0 amide bonds. The van der Waals surface area contributed by atoms with E-state index in [0.717, 1.165) is 6.54 Å². The number of benzene rings is 1. The summed E-state index contributed by atoms with van der Waals surface area (Å²) in [6.07, 6.45) is -0.582. The number of β-amino-alcohol motifs (C(OH)–C–C–N with tert-alkyl or cyclic N) is 1. The molecule has 1 aromatic carbocycles. The lowest BCUT2D eigenvalue weighted by molar-refractivity contribution is 0.148. The van der Waals surface area contributed by atoms with Crippen LogP contribution in [0.2, 0.25) is 0 Å². The van der Waals surface area contributed by atoms with Gasteiger partial charge >= 0.3 is 0 Å². The lowest BCUT2D eigenvalue weighted by atomic mass is 10.1. The van der Waals surface area contributed by atoms with Gasteiger partial charge in [0.15, 0.2) is 0 Å². The summed E-state index contributed by atoms with van der Waals surface area (Å²) in [5, 5.41) is 10.2. The first-order valence-corrected chi connectivity index (χ1v) is 9.16. The van der Waals surface area contributed by atoms with Crippen LogP contribution in [0.4, 0.5) is 0 Å². The molecule has 0 radical (unpaired) electrons. The van der Waals surface area contributed by atoms with E-state index in [-0.39, 0.29) is 11.7 Å². The van der Waals surface area contributed by atoms with Gasteiger partial charge in [-0.25, -0.2) is 12.7 Å². The van der Waals surface area contributed by atoms with Gasteiger partial charge in [0.2, 0.25) is 10.0 Å². The van der Waals surface area contributed by atoms with Crippen LogP contribution in [0, 0.1) is 19.8 Å². The highest BCUT2D eigenvalue weighted by Gasteiger charge is 2.35. The standard InChI is InChI=1S/C16H26N2O3S/c1-12-5-6-14(7-13(12)2)8-18-9-15(16(19)10-18)11-22(20,21)17(3)4/h5-7,15-16,19H,8-11H2,1-4H3/t15-,16+/m0/s1. The molecule has 2 atom stereocenters. The van der Waals surface area contributed by atoms with Gasteiger partial charge in [0.1, 0.15) is 0 Å². The largest absolute Gasteiger partial charge is 0.391 e. The number of aliphatic hydroxyl groups excluding tert-OH is 1. The van der Waals surface area contributed by atoms with Crippen LogP contribution in [0.3, 0.4) is 0 Å². The zero-order valence-corrected chi connectivity index (χ0v) is 14.6. The van der Waals surface area contributed by atoms with Gasteiger partial charge in [-0.2, -0.15) is 0 Å². The molecular formula is C16H26N2O3S. The molecule has 0 spiro atoms. The van der Waals surface area contributed by atoms with Crippen molar-refractivity contribution in [3.05, 3.63) is 34.9 Å². The number of hydrogen-bond donors (Lipinski definition) is 1. The second-order valence-electron chi connectivity index (χ2n) is 6.50. The highest BCUT2D eigenvalue weighted by Crippen LogP contribution is 2.22. The maximum Gasteiger partial charge on any atom is 0.214 e. The Kier molecular flexibility index (Phi) is 5.27. The number of hydrogen-bond acceptors (Lipinski definition) is 4. The third kappa shape index (κ3) is 4.07. The minimum atomic E-state index is -3.28. The van der Waals surface area contributed by atoms with Gasteiger partial charge in [-0.1, -0.05) is 18.2 Å². The van der Waals surface area contributed by atoms with Gasteiger partial charge in [-0.3, -0.25) is 4.90 Å². The van der Waals surface area contributed by atoms with E-state index in [0.29, 0.717) is 13.1 Å². The molecule has 2 rings (SSSR count). The molecule has 1 heterocycles. The number of nitrogens with zero attached hydrogens (tertiary/aromatic N) is 2. The first kappa shape index (κ1) is 17.4. The van der Waals surface area contributed by atoms with E-state index in [2.05, 4.69) is 36.9 Å². The topological polar surface area (TPSA) is 60.9 Å². The van der Waals surface area contributed by atoms with Crippen LogP contribution in [0.25, 0.3) is 0 Å². The maximum atomic E-state index is 12.0. The summed E-state index contributed by atoms with van der Waals surface area (Å²) in [4.78, 5) is 2.13. The molecule has 6 heteroatoms.